The number of nitriles is 1. The highest BCUT2D eigenvalue weighted by Gasteiger charge is 2.31. The Hall–Kier alpha value is -3.54. The molecular formula is C20H17F3N2O4. The Morgan fingerprint density at radius 1 is 1.07 bits per heavy atom. The average molecular weight is 406 g/mol. The van der Waals surface area contributed by atoms with E-state index in [1.165, 1.54) is 44.2 Å². The maximum Gasteiger partial charge on any atom is 0.416 e. The summed E-state index contributed by atoms with van der Waals surface area (Å²) in [5, 5.41) is 11.0. The normalized spacial score (nSPS) is 13.0. The summed E-state index contributed by atoms with van der Waals surface area (Å²) in [6, 6.07) is 12.1. The van der Waals surface area contributed by atoms with Crippen molar-refractivity contribution >= 4 is 17.6 Å². The van der Waals surface area contributed by atoms with Crippen molar-refractivity contribution in [2.75, 3.05) is 5.32 Å². The minimum Gasteiger partial charge on any atom is -0.479 e. The van der Waals surface area contributed by atoms with E-state index in [1.807, 2.05) is 6.07 Å². The van der Waals surface area contributed by atoms with Gasteiger partial charge in [-0.3, -0.25) is 4.79 Å². The maximum absolute atomic E-state index is 12.7. The number of carbonyl (C=O) groups excluding carboxylic acids is 2. The van der Waals surface area contributed by atoms with Crippen molar-refractivity contribution in [3.63, 3.8) is 0 Å². The highest BCUT2D eigenvalue weighted by Crippen LogP contribution is 2.30. The lowest BCUT2D eigenvalue weighted by atomic mass is 10.2. The molecule has 0 unspecified atom stereocenters. The zero-order chi connectivity index (χ0) is 21.6. The highest BCUT2D eigenvalue weighted by molar-refractivity contribution is 5.95. The molecule has 2 atom stereocenters. The Morgan fingerprint density at radius 3 is 2.31 bits per heavy atom. The van der Waals surface area contributed by atoms with Crippen LogP contribution >= 0.6 is 0 Å². The molecule has 0 aliphatic rings. The molecule has 0 aliphatic heterocycles. The van der Waals surface area contributed by atoms with Gasteiger partial charge in [0.15, 0.2) is 12.2 Å². The third kappa shape index (κ3) is 6.24. The standard InChI is InChI=1S/C20H17F3N2O4/c1-12(18(26)25-16-5-3-4-15(10-16)20(21,22)23)29-19(27)13(2)28-17-8-6-14(11-24)7-9-17/h3-10,12-13H,1-2H3,(H,25,26)/t12-,13-/m1/s1. The molecule has 0 bridgehead atoms. The quantitative estimate of drug-likeness (QED) is 0.735. The molecule has 9 heteroatoms. The number of esters is 1. The summed E-state index contributed by atoms with van der Waals surface area (Å²) < 4.78 is 48.6. The van der Waals surface area contributed by atoms with Crippen molar-refractivity contribution in [1.82, 2.24) is 0 Å². The van der Waals surface area contributed by atoms with Crippen LogP contribution in [0.4, 0.5) is 18.9 Å². The van der Waals surface area contributed by atoms with Gasteiger partial charge in [0.2, 0.25) is 0 Å². The van der Waals surface area contributed by atoms with Gasteiger partial charge in [-0.25, -0.2) is 4.79 Å². The zero-order valence-corrected chi connectivity index (χ0v) is 15.5. The molecule has 0 aliphatic carbocycles. The molecule has 1 N–H and O–H groups in total. The third-order valence-corrected chi connectivity index (χ3v) is 3.75. The number of nitrogens with zero attached hydrogens (tertiary/aromatic N) is 1. The van der Waals surface area contributed by atoms with Gasteiger partial charge in [0.1, 0.15) is 5.75 Å². The molecule has 0 saturated carbocycles. The monoisotopic (exact) mass is 406 g/mol. The molecule has 0 radical (unpaired) electrons. The van der Waals surface area contributed by atoms with Crippen LogP contribution < -0.4 is 10.1 Å². The molecule has 2 rings (SSSR count). The van der Waals surface area contributed by atoms with Crippen LogP contribution in [0.5, 0.6) is 5.75 Å². The molecule has 1 amide bonds. The molecule has 0 fully saturated rings. The molecule has 2 aromatic carbocycles. The van der Waals surface area contributed by atoms with Gasteiger partial charge >= 0.3 is 12.1 Å². The van der Waals surface area contributed by atoms with E-state index in [9.17, 15) is 22.8 Å². The van der Waals surface area contributed by atoms with E-state index in [4.69, 9.17) is 14.7 Å². The first-order valence-corrected chi connectivity index (χ1v) is 8.45. The summed E-state index contributed by atoms with van der Waals surface area (Å²) in [5.74, 6) is -1.29. The summed E-state index contributed by atoms with van der Waals surface area (Å²) in [7, 11) is 0. The number of amides is 1. The first-order valence-electron chi connectivity index (χ1n) is 8.45. The van der Waals surface area contributed by atoms with Crippen molar-refractivity contribution in [3.8, 4) is 11.8 Å². The number of nitrogens with one attached hydrogen (secondary N) is 1. The number of alkyl halides is 3. The highest BCUT2D eigenvalue weighted by atomic mass is 19.4. The fourth-order valence-corrected chi connectivity index (χ4v) is 2.20. The van der Waals surface area contributed by atoms with Crippen molar-refractivity contribution in [2.24, 2.45) is 0 Å². The van der Waals surface area contributed by atoms with Gasteiger partial charge in [-0.1, -0.05) is 6.07 Å². The van der Waals surface area contributed by atoms with Crippen LogP contribution in [0.2, 0.25) is 0 Å². The number of benzene rings is 2. The Labute approximate surface area is 164 Å². The van der Waals surface area contributed by atoms with Crippen LogP contribution in [0, 0.1) is 11.3 Å². The Kier molecular flexibility index (Phi) is 6.83. The summed E-state index contributed by atoms with van der Waals surface area (Å²) in [6.45, 7) is 2.70. The minimum atomic E-state index is -4.54. The molecule has 152 valence electrons. The van der Waals surface area contributed by atoms with Crippen LogP contribution in [-0.2, 0) is 20.5 Å². The second kappa shape index (κ2) is 9.10. The van der Waals surface area contributed by atoms with Crippen LogP contribution in [-0.4, -0.2) is 24.1 Å². The smallest absolute Gasteiger partial charge is 0.416 e. The number of anilines is 1. The maximum atomic E-state index is 12.7. The predicted octanol–water partition coefficient (Wildman–Crippen LogP) is 3.91. The van der Waals surface area contributed by atoms with E-state index in [0.717, 1.165) is 18.2 Å². The van der Waals surface area contributed by atoms with Crippen molar-refractivity contribution in [1.29, 1.82) is 5.26 Å². The predicted molar refractivity (Wildman–Crippen MR) is 96.9 cm³/mol. The van der Waals surface area contributed by atoms with Gasteiger partial charge < -0.3 is 14.8 Å². The largest absolute Gasteiger partial charge is 0.479 e. The third-order valence-electron chi connectivity index (χ3n) is 3.75. The number of hydrogen-bond acceptors (Lipinski definition) is 5. The second-order valence-electron chi connectivity index (χ2n) is 6.04. The lowest BCUT2D eigenvalue weighted by Crippen LogP contribution is -2.35. The van der Waals surface area contributed by atoms with Gasteiger partial charge in [-0.2, -0.15) is 18.4 Å². The first-order chi connectivity index (χ1) is 13.6. The summed E-state index contributed by atoms with van der Waals surface area (Å²) in [6.07, 6.45) is -6.85. The van der Waals surface area contributed by atoms with Crippen LogP contribution in [0.3, 0.4) is 0 Å². The van der Waals surface area contributed by atoms with Crippen molar-refractivity contribution < 1.29 is 32.2 Å². The fraction of sp³-hybridized carbons (Fsp3) is 0.250. The van der Waals surface area contributed by atoms with E-state index in [2.05, 4.69) is 5.32 Å². The number of halogens is 3. The van der Waals surface area contributed by atoms with Crippen molar-refractivity contribution in [2.45, 2.75) is 32.2 Å². The lowest BCUT2D eigenvalue weighted by Gasteiger charge is -2.18. The lowest BCUT2D eigenvalue weighted by molar-refractivity contribution is -0.159. The van der Waals surface area contributed by atoms with E-state index < -0.39 is 35.8 Å². The number of ether oxygens (including phenoxy) is 2. The molecule has 2 aromatic rings. The number of hydrogen-bond donors (Lipinski definition) is 1. The van der Waals surface area contributed by atoms with E-state index >= 15 is 0 Å². The van der Waals surface area contributed by atoms with E-state index in [1.54, 1.807) is 0 Å². The minimum absolute atomic E-state index is 0.0744. The van der Waals surface area contributed by atoms with Crippen LogP contribution in [0.15, 0.2) is 48.5 Å². The average Bonchev–Trinajstić information content (AvgIpc) is 2.68. The molecule has 29 heavy (non-hydrogen) atoms. The van der Waals surface area contributed by atoms with Gasteiger partial charge in [-0.15, -0.1) is 0 Å². The van der Waals surface area contributed by atoms with Gasteiger partial charge in [-0.05, 0) is 56.3 Å². The SMILES string of the molecule is C[C@@H](OC(=O)[C@@H](C)Oc1ccc(C#N)cc1)C(=O)Nc1cccc(C(F)(F)F)c1. The topological polar surface area (TPSA) is 88.4 Å². The molecule has 0 saturated heterocycles. The Balaban J connectivity index is 1.92. The molecule has 0 aromatic heterocycles. The zero-order valence-electron chi connectivity index (χ0n) is 15.5. The summed E-state index contributed by atoms with van der Waals surface area (Å²) in [4.78, 5) is 24.2. The molecule has 0 spiro atoms. The summed E-state index contributed by atoms with van der Waals surface area (Å²) in [5.41, 5.74) is -0.563. The summed E-state index contributed by atoms with van der Waals surface area (Å²) >= 11 is 0. The van der Waals surface area contributed by atoms with Crippen LogP contribution in [0.1, 0.15) is 25.0 Å². The van der Waals surface area contributed by atoms with Gasteiger partial charge in [0, 0.05) is 5.69 Å². The first kappa shape index (κ1) is 21.8. The second-order valence-corrected chi connectivity index (χ2v) is 6.04. The van der Waals surface area contributed by atoms with Gasteiger partial charge in [0.05, 0.1) is 17.2 Å². The van der Waals surface area contributed by atoms with Crippen molar-refractivity contribution in [3.05, 3.63) is 59.7 Å². The molecule has 6 nitrogen and oxygen atoms in total. The Bertz CT molecular complexity index is 921. The van der Waals surface area contributed by atoms with Crippen LogP contribution in [0.25, 0.3) is 0 Å². The number of rotatable bonds is 6. The molecular weight excluding hydrogens is 389 g/mol. The number of carbonyl (C=O) groups is 2. The fourth-order valence-electron chi connectivity index (χ4n) is 2.20. The van der Waals surface area contributed by atoms with E-state index in [-0.39, 0.29) is 5.69 Å². The van der Waals surface area contributed by atoms with E-state index in [0.29, 0.717) is 11.3 Å². The van der Waals surface area contributed by atoms with Gasteiger partial charge in [0.25, 0.3) is 5.91 Å². The Morgan fingerprint density at radius 2 is 1.72 bits per heavy atom. The molecule has 0 heterocycles.